The van der Waals surface area contributed by atoms with E-state index in [1.54, 1.807) is 24.7 Å². The Morgan fingerprint density at radius 3 is 2.59 bits per heavy atom. The van der Waals surface area contributed by atoms with Crippen molar-refractivity contribution in [3.63, 3.8) is 0 Å². The Morgan fingerprint density at radius 1 is 1.00 bits per heavy atom. The highest BCUT2D eigenvalue weighted by Gasteiger charge is 2.22. The van der Waals surface area contributed by atoms with Crippen molar-refractivity contribution in [1.29, 1.82) is 5.26 Å². The lowest BCUT2D eigenvalue weighted by Gasteiger charge is -2.32. The summed E-state index contributed by atoms with van der Waals surface area (Å²) in [7, 11) is 0. The van der Waals surface area contributed by atoms with Crippen molar-refractivity contribution in [3.05, 3.63) is 90.1 Å². The number of nitrogens with two attached hydrogens (primary N) is 1. The van der Waals surface area contributed by atoms with Crippen LogP contribution in [0.3, 0.4) is 0 Å². The first kappa shape index (κ1) is 27.2. The second-order valence-electron chi connectivity index (χ2n) is 10.8. The highest BCUT2D eigenvalue weighted by atomic mass is 16.5. The second-order valence-corrected chi connectivity index (χ2v) is 10.8. The zero-order chi connectivity index (χ0) is 30.0. The minimum absolute atomic E-state index is 0.178. The van der Waals surface area contributed by atoms with Gasteiger partial charge in [-0.05, 0) is 67.8 Å². The van der Waals surface area contributed by atoms with Gasteiger partial charge in [0, 0.05) is 49.3 Å². The van der Waals surface area contributed by atoms with Gasteiger partial charge >= 0.3 is 0 Å². The van der Waals surface area contributed by atoms with E-state index in [-0.39, 0.29) is 5.82 Å². The molecule has 1 aliphatic heterocycles. The monoisotopic (exact) mass is 583 g/mol. The van der Waals surface area contributed by atoms with Gasteiger partial charge in [0.2, 0.25) is 5.82 Å². The molecule has 218 valence electrons. The lowest BCUT2D eigenvalue weighted by molar-refractivity contribution is 0.211. The number of rotatable bonds is 7. The highest BCUT2D eigenvalue weighted by molar-refractivity contribution is 5.84. The molecule has 0 spiro atoms. The number of piperidine rings is 1. The van der Waals surface area contributed by atoms with Gasteiger partial charge < -0.3 is 15.6 Å². The van der Waals surface area contributed by atoms with Crippen LogP contribution in [0.15, 0.2) is 77.7 Å². The average molecular weight is 584 g/mol. The van der Waals surface area contributed by atoms with Gasteiger partial charge in [-0.3, -0.25) is 9.47 Å². The normalized spacial score (nSPS) is 14.1. The van der Waals surface area contributed by atoms with E-state index in [4.69, 9.17) is 25.5 Å². The van der Waals surface area contributed by atoms with Gasteiger partial charge in [-0.1, -0.05) is 17.3 Å². The number of pyridine rings is 2. The third-order valence-corrected chi connectivity index (χ3v) is 7.86. The number of benzene rings is 1. The Labute approximate surface area is 253 Å². The van der Waals surface area contributed by atoms with E-state index in [9.17, 15) is 0 Å². The molecule has 5 aromatic heterocycles. The average Bonchev–Trinajstić information content (AvgIpc) is 3.65. The summed E-state index contributed by atoms with van der Waals surface area (Å²) in [5.41, 5.74) is 12.2. The maximum Gasteiger partial charge on any atom is 0.234 e. The Hall–Kier alpha value is -5.67. The number of nitriles is 1. The van der Waals surface area contributed by atoms with Crippen LogP contribution >= 0.6 is 0 Å². The quantitative estimate of drug-likeness (QED) is 0.266. The third-order valence-electron chi connectivity index (χ3n) is 7.86. The molecule has 0 saturated carbocycles. The van der Waals surface area contributed by atoms with E-state index in [2.05, 4.69) is 54.6 Å². The maximum atomic E-state index is 9.06. The number of fused-ring (bicyclic) bond motifs is 1. The van der Waals surface area contributed by atoms with Crippen LogP contribution in [-0.4, -0.2) is 58.7 Å². The van der Waals surface area contributed by atoms with Crippen LogP contribution in [0.2, 0.25) is 0 Å². The Bertz CT molecular complexity index is 1980. The van der Waals surface area contributed by atoms with Crippen LogP contribution in [0.25, 0.3) is 39.7 Å². The molecule has 44 heavy (non-hydrogen) atoms. The van der Waals surface area contributed by atoms with Crippen LogP contribution in [0, 0.1) is 18.3 Å². The summed E-state index contributed by atoms with van der Waals surface area (Å²) >= 11 is 0. The zero-order valence-corrected chi connectivity index (χ0v) is 24.1. The largest absolute Gasteiger partial charge is 0.383 e. The predicted octanol–water partition coefficient (Wildman–Crippen LogP) is 4.77. The molecule has 1 saturated heterocycles. The first-order valence-electron chi connectivity index (χ1n) is 14.4. The standard InChI is InChI=1S/C32H29N11O/c1-20-18-37-44-29(20)25-8-9-26-32(39-25)43(31(40-26)24-3-2-13-36-30(24)34)23-6-4-21(5-7-23)19-42-15-11-22(12-16-42)38-27-10-14-35-28(17-33)41-27/h2-10,13-14,18,22H,11-12,15-16,19H2,1H3,(H2,34,36)(H,35,38,41). The van der Waals surface area contributed by atoms with Gasteiger partial charge in [0.15, 0.2) is 17.2 Å². The Kier molecular flexibility index (Phi) is 7.13. The summed E-state index contributed by atoms with van der Waals surface area (Å²) in [5.74, 6) is 2.56. The smallest absolute Gasteiger partial charge is 0.234 e. The van der Waals surface area contributed by atoms with Crippen molar-refractivity contribution in [2.24, 2.45) is 0 Å². The molecule has 6 heterocycles. The van der Waals surface area contributed by atoms with Crippen LogP contribution in [0.5, 0.6) is 0 Å². The number of nitrogen functional groups attached to an aromatic ring is 1. The molecule has 0 radical (unpaired) electrons. The molecule has 0 unspecified atom stereocenters. The van der Waals surface area contributed by atoms with Gasteiger partial charge in [0.05, 0.1) is 11.8 Å². The van der Waals surface area contributed by atoms with Crippen LogP contribution in [0.1, 0.15) is 29.8 Å². The topological polar surface area (TPSA) is 160 Å². The number of likely N-dealkylation sites (tertiary alicyclic amines) is 1. The number of aromatic nitrogens is 7. The molecule has 12 nitrogen and oxygen atoms in total. The summed E-state index contributed by atoms with van der Waals surface area (Å²) in [6.45, 7) is 4.71. The molecule has 1 aliphatic rings. The van der Waals surface area contributed by atoms with E-state index >= 15 is 0 Å². The van der Waals surface area contributed by atoms with Crippen LogP contribution in [0.4, 0.5) is 11.6 Å². The van der Waals surface area contributed by atoms with Crippen LogP contribution < -0.4 is 11.1 Å². The first-order chi connectivity index (χ1) is 21.6. The summed E-state index contributed by atoms with van der Waals surface area (Å²) in [5, 5.41) is 16.4. The minimum atomic E-state index is 0.178. The second kappa shape index (κ2) is 11.5. The molecule has 12 heteroatoms. The molecular formula is C32H29N11O. The lowest BCUT2D eigenvalue weighted by atomic mass is 10.0. The molecule has 6 aromatic rings. The number of imidazole rings is 1. The van der Waals surface area contributed by atoms with Crippen molar-refractivity contribution in [2.45, 2.75) is 32.4 Å². The molecule has 3 N–H and O–H groups in total. The van der Waals surface area contributed by atoms with Gasteiger partial charge in [0.1, 0.15) is 28.9 Å². The third kappa shape index (κ3) is 5.32. The lowest BCUT2D eigenvalue weighted by Crippen LogP contribution is -2.38. The number of anilines is 2. The van der Waals surface area contributed by atoms with Gasteiger partial charge in [0.25, 0.3) is 0 Å². The van der Waals surface area contributed by atoms with Crippen molar-refractivity contribution in [1.82, 2.24) is 39.5 Å². The van der Waals surface area contributed by atoms with E-state index in [1.807, 2.05) is 41.8 Å². The Morgan fingerprint density at radius 2 is 1.84 bits per heavy atom. The number of aryl methyl sites for hydroxylation is 1. The molecule has 1 fully saturated rings. The molecule has 0 atom stereocenters. The van der Waals surface area contributed by atoms with E-state index in [0.717, 1.165) is 54.8 Å². The van der Waals surface area contributed by atoms with E-state index in [0.29, 0.717) is 40.6 Å². The fourth-order valence-corrected chi connectivity index (χ4v) is 5.60. The van der Waals surface area contributed by atoms with Gasteiger partial charge in [-0.2, -0.15) is 5.26 Å². The molecule has 0 bridgehead atoms. The van der Waals surface area contributed by atoms with Crippen molar-refractivity contribution in [3.8, 4) is 34.6 Å². The Balaban J connectivity index is 1.13. The predicted molar refractivity (Wildman–Crippen MR) is 165 cm³/mol. The molecular weight excluding hydrogens is 554 g/mol. The maximum absolute atomic E-state index is 9.06. The van der Waals surface area contributed by atoms with Crippen molar-refractivity contribution < 1.29 is 4.52 Å². The SMILES string of the molecule is Cc1cnoc1-c1ccc2nc(-c3cccnc3N)n(-c3ccc(CN4CCC(Nc5ccnc(C#N)n5)CC4)cc3)c2n1. The fraction of sp³-hybridized carbons (Fsp3) is 0.219. The zero-order valence-electron chi connectivity index (χ0n) is 24.1. The number of hydrogen-bond acceptors (Lipinski definition) is 11. The summed E-state index contributed by atoms with van der Waals surface area (Å²) in [6, 6.07) is 20.2. The minimum Gasteiger partial charge on any atom is -0.383 e. The number of nitrogens with zero attached hydrogens (tertiary/aromatic N) is 9. The van der Waals surface area contributed by atoms with Gasteiger partial charge in [-0.15, -0.1) is 0 Å². The molecule has 0 amide bonds. The first-order valence-corrected chi connectivity index (χ1v) is 14.4. The van der Waals surface area contributed by atoms with Crippen LogP contribution in [-0.2, 0) is 6.54 Å². The number of hydrogen-bond donors (Lipinski definition) is 2. The van der Waals surface area contributed by atoms with Gasteiger partial charge in [-0.25, -0.2) is 24.9 Å². The van der Waals surface area contributed by atoms with E-state index in [1.165, 1.54) is 5.56 Å². The summed E-state index contributed by atoms with van der Waals surface area (Å²) in [6.07, 6.45) is 6.93. The number of nitrogens with one attached hydrogen (secondary N) is 1. The summed E-state index contributed by atoms with van der Waals surface area (Å²) in [4.78, 5) is 24.8. The van der Waals surface area contributed by atoms with Crippen molar-refractivity contribution >= 4 is 22.8 Å². The highest BCUT2D eigenvalue weighted by Crippen LogP contribution is 2.32. The summed E-state index contributed by atoms with van der Waals surface area (Å²) < 4.78 is 7.51. The van der Waals surface area contributed by atoms with E-state index < -0.39 is 0 Å². The molecule has 0 aliphatic carbocycles. The van der Waals surface area contributed by atoms with Crippen molar-refractivity contribution in [2.75, 3.05) is 24.1 Å². The molecule has 1 aromatic carbocycles. The fourth-order valence-electron chi connectivity index (χ4n) is 5.60. The molecule has 7 rings (SSSR count).